The molecule has 84 valence electrons. The average Bonchev–Trinajstić information content (AvgIpc) is 2.18. The first-order valence-corrected chi connectivity index (χ1v) is 4.77. The Bertz CT molecular complexity index is 174. The van der Waals surface area contributed by atoms with E-state index in [1.54, 1.807) is 6.92 Å². The Kier molecular flexibility index (Phi) is 6.83. The molecule has 1 saturated heterocycles. The van der Waals surface area contributed by atoms with Gasteiger partial charge in [-0.3, -0.25) is 0 Å². The van der Waals surface area contributed by atoms with Gasteiger partial charge < -0.3 is 10.1 Å². The molecule has 0 saturated carbocycles. The maximum atomic E-state index is 13.4. The summed E-state index contributed by atoms with van der Waals surface area (Å²) in [6, 6.07) is 0. The molecule has 1 atom stereocenters. The number of alkyl halides is 1. The van der Waals surface area contributed by atoms with E-state index in [9.17, 15) is 9.18 Å². The van der Waals surface area contributed by atoms with Gasteiger partial charge in [-0.1, -0.05) is 0 Å². The molecule has 1 rings (SSSR count). The quantitative estimate of drug-likeness (QED) is 0.736. The molecule has 5 heteroatoms. The van der Waals surface area contributed by atoms with Crippen molar-refractivity contribution in [1.82, 2.24) is 5.32 Å². The van der Waals surface area contributed by atoms with E-state index in [0.717, 1.165) is 25.9 Å². The first-order chi connectivity index (χ1) is 6.25. The van der Waals surface area contributed by atoms with Crippen molar-refractivity contribution in [3.8, 4) is 0 Å². The van der Waals surface area contributed by atoms with Gasteiger partial charge in [0.25, 0.3) is 0 Å². The van der Waals surface area contributed by atoms with Crippen LogP contribution in [0, 0.1) is 5.92 Å². The number of halogens is 2. The number of ether oxygens (including phenoxy) is 1. The molecule has 14 heavy (non-hydrogen) atoms. The molecule has 0 amide bonds. The monoisotopic (exact) mass is 225 g/mol. The first-order valence-electron chi connectivity index (χ1n) is 4.77. The predicted molar refractivity (Wildman–Crippen MR) is 54.4 cm³/mol. The predicted octanol–water partition coefficient (Wildman–Crippen LogP) is 1.31. The lowest BCUT2D eigenvalue weighted by Gasteiger charge is -2.24. The largest absolute Gasteiger partial charge is 0.464 e. The van der Waals surface area contributed by atoms with Crippen molar-refractivity contribution >= 4 is 18.4 Å². The number of rotatable bonds is 3. The second-order valence-corrected chi connectivity index (χ2v) is 3.24. The molecule has 0 aromatic carbocycles. The Hall–Kier alpha value is -0.350. The van der Waals surface area contributed by atoms with Crippen molar-refractivity contribution in [3.63, 3.8) is 0 Å². The standard InChI is InChI=1S/C9H16FNO2.ClH/c1-2-13-9(12)8(10)7-3-5-11-6-4-7;/h7-8,11H,2-6H2,1H3;1H. The van der Waals surface area contributed by atoms with Crippen LogP contribution in [0.25, 0.3) is 0 Å². The zero-order chi connectivity index (χ0) is 9.68. The summed E-state index contributed by atoms with van der Waals surface area (Å²) in [5, 5.41) is 3.12. The third-order valence-electron chi connectivity index (χ3n) is 2.31. The number of hydrogen-bond acceptors (Lipinski definition) is 3. The van der Waals surface area contributed by atoms with Crippen LogP contribution in [0.2, 0.25) is 0 Å². The fourth-order valence-corrected chi connectivity index (χ4v) is 1.55. The zero-order valence-corrected chi connectivity index (χ0v) is 9.11. The van der Waals surface area contributed by atoms with Crippen LogP contribution in [-0.4, -0.2) is 31.8 Å². The maximum Gasteiger partial charge on any atom is 0.341 e. The highest BCUT2D eigenvalue weighted by molar-refractivity contribution is 5.85. The number of esters is 1. The molecule has 1 fully saturated rings. The van der Waals surface area contributed by atoms with Gasteiger partial charge in [-0.05, 0) is 32.9 Å². The van der Waals surface area contributed by atoms with Gasteiger partial charge in [0.2, 0.25) is 0 Å². The van der Waals surface area contributed by atoms with Gasteiger partial charge >= 0.3 is 5.97 Å². The van der Waals surface area contributed by atoms with Crippen LogP contribution in [0.5, 0.6) is 0 Å². The highest BCUT2D eigenvalue weighted by Crippen LogP contribution is 2.19. The van der Waals surface area contributed by atoms with E-state index in [4.69, 9.17) is 0 Å². The van der Waals surface area contributed by atoms with E-state index >= 15 is 0 Å². The molecule has 1 aliphatic heterocycles. The van der Waals surface area contributed by atoms with Gasteiger partial charge in [0.15, 0.2) is 6.17 Å². The minimum atomic E-state index is -1.43. The number of nitrogens with one attached hydrogen (secondary N) is 1. The topological polar surface area (TPSA) is 38.3 Å². The van der Waals surface area contributed by atoms with Crippen molar-refractivity contribution < 1.29 is 13.9 Å². The molecular weight excluding hydrogens is 209 g/mol. The van der Waals surface area contributed by atoms with Crippen molar-refractivity contribution in [2.45, 2.75) is 25.9 Å². The summed E-state index contributed by atoms with van der Waals surface area (Å²) in [5.41, 5.74) is 0. The third-order valence-corrected chi connectivity index (χ3v) is 2.31. The highest BCUT2D eigenvalue weighted by atomic mass is 35.5. The van der Waals surface area contributed by atoms with Crippen molar-refractivity contribution in [3.05, 3.63) is 0 Å². The fraction of sp³-hybridized carbons (Fsp3) is 0.889. The summed E-state index contributed by atoms with van der Waals surface area (Å²) >= 11 is 0. The molecule has 0 aromatic rings. The Labute approximate surface area is 89.8 Å². The fourth-order valence-electron chi connectivity index (χ4n) is 1.55. The number of piperidine rings is 1. The Balaban J connectivity index is 0.00000169. The maximum absolute atomic E-state index is 13.4. The second kappa shape index (κ2) is 7.01. The molecule has 0 aromatic heterocycles. The molecule has 1 heterocycles. The summed E-state index contributed by atoms with van der Waals surface area (Å²) in [5.74, 6) is -0.852. The SMILES string of the molecule is CCOC(=O)C(F)C1CCNCC1.Cl. The molecule has 0 aliphatic carbocycles. The van der Waals surface area contributed by atoms with Crippen molar-refractivity contribution in [1.29, 1.82) is 0 Å². The lowest BCUT2D eigenvalue weighted by atomic mass is 9.93. The second-order valence-electron chi connectivity index (χ2n) is 3.24. The van der Waals surface area contributed by atoms with Crippen LogP contribution in [-0.2, 0) is 9.53 Å². The van der Waals surface area contributed by atoms with Crippen LogP contribution in [0.15, 0.2) is 0 Å². The van der Waals surface area contributed by atoms with E-state index in [2.05, 4.69) is 10.1 Å². The van der Waals surface area contributed by atoms with Gasteiger partial charge in [0.05, 0.1) is 6.61 Å². The van der Waals surface area contributed by atoms with E-state index in [0.29, 0.717) is 0 Å². The van der Waals surface area contributed by atoms with Crippen LogP contribution >= 0.6 is 12.4 Å². The molecule has 0 bridgehead atoms. The van der Waals surface area contributed by atoms with E-state index in [1.165, 1.54) is 0 Å². The molecule has 1 unspecified atom stereocenters. The van der Waals surface area contributed by atoms with Crippen LogP contribution in [0.3, 0.4) is 0 Å². The smallest absolute Gasteiger partial charge is 0.341 e. The third kappa shape index (κ3) is 3.80. The normalized spacial score (nSPS) is 19.6. The number of carbonyl (C=O) groups is 1. The minimum absolute atomic E-state index is 0. The Morgan fingerprint density at radius 3 is 2.64 bits per heavy atom. The molecule has 1 aliphatic rings. The Morgan fingerprint density at radius 1 is 1.57 bits per heavy atom. The van der Waals surface area contributed by atoms with Crippen LogP contribution in [0.1, 0.15) is 19.8 Å². The lowest BCUT2D eigenvalue weighted by Crippen LogP contribution is -2.36. The molecule has 3 nitrogen and oxygen atoms in total. The summed E-state index contributed by atoms with van der Waals surface area (Å²) in [4.78, 5) is 11.0. The highest BCUT2D eigenvalue weighted by Gasteiger charge is 2.30. The number of hydrogen-bond donors (Lipinski definition) is 1. The summed E-state index contributed by atoms with van der Waals surface area (Å²) in [7, 11) is 0. The zero-order valence-electron chi connectivity index (χ0n) is 8.29. The molecule has 0 spiro atoms. The first kappa shape index (κ1) is 13.7. The molecule has 1 N–H and O–H groups in total. The van der Waals surface area contributed by atoms with Gasteiger partial charge in [-0.15, -0.1) is 12.4 Å². The Morgan fingerprint density at radius 2 is 2.14 bits per heavy atom. The van der Waals surface area contributed by atoms with E-state index in [-0.39, 0.29) is 24.9 Å². The molecular formula is C9H17ClFNO2. The average molecular weight is 226 g/mol. The van der Waals surface area contributed by atoms with E-state index < -0.39 is 12.1 Å². The van der Waals surface area contributed by atoms with Crippen LogP contribution in [0.4, 0.5) is 4.39 Å². The summed E-state index contributed by atoms with van der Waals surface area (Å²) in [6.07, 6.45) is 0.0157. The van der Waals surface area contributed by atoms with Crippen molar-refractivity contribution in [2.24, 2.45) is 5.92 Å². The lowest BCUT2D eigenvalue weighted by molar-refractivity contribution is -0.151. The van der Waals surface area contributed by atoms with Crippen molar-refractivity contribution in [2.75, 3.05) is 19.7 Å². The van der Waals surface area contributed by atoms with Gasteiger partial charge in [0, 0.05) is 5.92 Å². The number of carbonyl (C=O) groups excluding carboxylic acids is 1. The van der Waals surface area contributed by atoms with Crippen LogP contribution < -0.4 is 5.32 Å². The summed E-state index contributed by atoms with van der Waals surface area (Å²) < 4.78 is 18.0. The van der Waals surface area contributed by atoms with Gasteiger partial charge in [-0.25, -0.2) is 9.18 Å². The van der Waals surface area contributed by atoms with Gasteiger partial charge in [0.1, 0.15) is 0 Å². The minimum Gasteiger partial charge on any atom is -0.464 e. The van der Waals surface area contributed by atoms with Gasteiger partial charge in [-0.2, -0.15) is 0 Å². The molecule has 0 radical (unpaired) electrons. The summed E-state index contributed by atoms with van der Waals surface area (Å²) in [6.45, 7) is 3.53. The van der Waals surface area contributed by atoms with E-state index in [1.807, 2.05) is 0 Å².